The van der Waals surface area contributed by atoms with E-state index in [1.807, 2.05) is 18.2 Å². The van der Waals surface area contributed by atoms with Crippen LogP contribution in [0.1, 0.15) is 37.7 Å². The number of nitrogens with two attached hydrogens (primary N) is 1. The zero-order chi connectivity index (χ0) is 15.6. The fourth-order valence-electron chi connectivity index (χ4n) is 1.88. The van der Waals surface area contributed by atoms with Crippen LogP contribution in [0.3, 0.4) is 0 Å². The molecule has 1 aromatic heterocycles. The minimum atomic E-state index is -0.995. The van der Waals surface area contributed by atoms with Crippen LogP contribution in [0.25, 0.3) is 11.0 Å². The number of hydrogen-bond donors (Lipinski definition) is 1. The monoisotopic (exact) mass is 289 g/mol. The Kier molecular flexibility index (Phi) is 4.14. The van der Waals surface area contributed by atoms with E-state index in [9.17, 15) is 9.59 Å². The summed E-state index contributed by atoms with van der Waals surface area (Å²) < 4.78 is 10.6. The lowest BCUT2D eigenvalue weighted by Gasteiger charge is -2.21. The number of hydrogen-bond acceptors (Lipinski definition) is 5. The summed E-state index contributed by atoms with van der Waals surface area (Å²) >= 11 is 0. The molecular formula is C16H19NO4. The zero-order valence-electron chi connectivity index (χ0n) is 12.4. The number of ketones is 1. The van der Waals surface area contributed by atoms with Crippen molar-refractivity contribution in [3.63, 3.8) is 0 Å². The van der Waals surface area contributed by atoms with Gasteiger partial charge in [-0.15, -0.1) is 0 Å². The van der Waals surface area contributed by atoms with Crippen molar-refractivity contribution < 1.29 is 18.7 Å². The third-order valence-electron chi connectivity index (χ3n) is 2.82. The highest BCUT2D eigenvalue weighted by Crippen LogP contribution is 2.20. The van der Waals surface area contributed by atoms with Crippen LogP contribution in [0.5, 0.6) is 0 Å². The molecule has 5 nitrogen and oxygen atoms in total. The Bertz CT molecular complexity index is 633. The average molecular weight is 289 g/mol. The lowest BCUT2D eigenvalue weighted by molar-refractivity contribution is -0.156. The van der Waals surface area contributed by atoms with Crippen LogP contribution < -0.4 is 5.73 Å². The SMILES string of the molecule is CC(C)(C)OC(=O)C(N)CC(=O)c1cc2ccccc2o1. The smallest absolute Gasteiger partial charge is 0.323 e. The summed E-state index contributed by atoms with van der Waals surface area (Å²) in [6.07, 6.45) is -0.144. The van der Waals surface area contributed by atoms with Gasteiger partial charge in [0, 0.05) is 11.8 Å². The van der Waals surface area contributed by atoms with E-state index in [1.54, 1.807) is 32.9 Å². The Hall–Kier alpha value is -2.14. The van der Waals surface area contributed by atoms with Gasteiger partial charge in [-0.1, -0.05) is 18.2 Å². The Morgan fingerprint density at radius 1 is 1.29 bits per heavy atom. The number of Topliss-reactive ketones (excluding diaryl/α,β-unsaturated/α-hetero) is 1. The molecule has 1 aromatic carbocycles. The van der Waals surface area contributed by atoms with Crippen LogP contribution in [-0.2, 0) is 9.53 Å². The first-order valence-corrected chi connectivity index (χ1v) is 6.76. The number of fused-ring (bicyclic) bond motifs is 1. The third kappa shape index (κ3) is 3.92. The van der Waals surface area contributed by atoms with E-state index in [1.165, 1.54) is 0 Å². The third-order valence-corrected chi connectivity index (χ3v) is 2.82. The second-order valence-electron chi connectivity index (χ2n) is 5.92. The standard InChI is InChI=1S/C16H19NO4/c1-16(2,3)21-15(19)11(17)9-12(18)14-8-10-6-4-5-7-13(10)20-14/h4-8,11H,9,17H2,1-3H3. The lowest BCUT2D eigenvalue weighted by atomic mass is 10.1. The number of carbonyl (C=O) groups is 2. The van der Waals surface area contributed by atoms with Crippen LogP contribution in [-0.4, -0.2) is 23.4 Å². The summed E-state index contributed by atoms with van der Waals surface area (Å²) in [6, 6.07) is 7.97. The molecule has 0 amide bonds. The molecule has 2 aromatic rings. The average Bonchev–Trinajstić information content (AvgIpc) is 2.80. The van der Waals surface area contributed by atoms with E-state index >= 15 is 0 Å². The summed E-state index contributed by atoms with van der Waals surface area (Å²) in [5, 5.41) is 0.840. The maximum Gasteiger partial charge on any atom is 0.323 e. The first-order chi connectivity index (χ1) is 9.76. The predicted octanol–water partition coefficient (Wildman–Crippen LogP) is 2.67. The van der Waals surface area contributed by atoms with Crippen molar-refractivity contribution >= 4 is 22.7 Å². The molecule has 2 rings (SSSR count). The molecule has 0 bridgehead atoms. The molecule has 1 unspecified atom stereocenters. The van der Waals surface area contributed by atoms with E-state index in [4.69, 9.17) is 14.9 Å². The molecular weight excluding hydrogens is 270 g/mol. The van der Waals surface area contributed by atoms with Gasteiger partial charge in [-0.2, -0.15) is 0 Å². The molecule has 21 heavy (non-hydrogen) atoms. The molecule has 0 aliphatic heterocycles. The molecule has 1 atom stereocenters. The minimum absolute atomic E-state index is 0.144. The van der Waals surface area contributed by atoms with Crippen LogP contribution in [0.15, 0.2) is 34.7 Å². The van der Waals surface area contributed by atoms with Crippen LogP contribution in [0.4, 0.5) is 0 Å². The number of carbonyl (C=O) groups excluding carboxylic acids is 2. The second kappa shape index (κ2) is 5.69. The van der Waals surface area contributed by atoms with Gasteiger partial charge >= 0.3 is 5.97 Å². The number of rotatable bonds is 4. The zero-order valence-corrected chi connectivity index (χ0v) is 12.4. The van der Waals surface area contributed by atoms with E-state index in [0.29, 0.717) is 5.58 Å². The first-order valence-electron chi connectivity index (χ1n) is 6.76. The van der Waals surface area contributed by atoms with Gasteiger partial charge in [-0.3, -0.25) is 9.59 Å². The lowest BCUT2D eigenvalue weighted by Crippen LogP contribution is -2.38. The second-order valence-corrected chi connectivity index (χ2v) is 5.92. The largest absolute Gasteiger partial charge is 0.459 e. The Balaban J connectivity index is 2.05. The number of ether oxygens (including phenoxy) is 1. The quantitative estimate of drug-likeness (QED) is 0.691. The van der Waals surface area contributed by atoms with E-state index in [0.717, 1.165) is 5.39 Å². The maximum atomic E-state index is 12.1. The van der Waals surface area contributed by atoms with Crippen molar-refractivity contribution in [1.29, 1.82) is 0 Å². The van der Waals surface area contributed by atoms with Crippen molar-refractivity contribution in [2.45, 2.75) is 38.8 Å². The molecule has 5 heteroatoms. The summed E-state index contributed by atoms with van der Waals surface area (Å²) in [5.41, 5.74) is 5.72. The van der Waals surface area contributed by atoms with Crippen molar-refractivity contribution in [2.75, 3.05) is 0 Å². The maximum absolute atomic E-state index is 12.1. The van der Waals surface area contributed by atoms with Crippen molar-refractivity contribution in [3.8, 4) is 0 Å². The van der Waals surface area contributed by atoms with Crippen LogP contribution in [0, 0.1) is 0 Å². The Morgan fingerprint density at radius 3 is 2.57 bits per heavy atom. The molecule has 112 valence electrons. The van der Waals surface area contributed by atoms with Gasteiger partial charge in [0.05, 0.1) is 0 Å². The molecule has 0 spiro atoms. The summed E-state index contributed by atoms with van der Waals surface area (Å²) in [4.78, 5) is 23.9. The molecule has 0 aliphatic carbocycles. The van der Waals surface area contributed by atoms with Gasteiger partial charge < -0.3 is 14.9 Å². The number of benzene rings is 1. The van der Waals surface area contributed by atoms with Gasteiger partial charge in [0.15, 0.2) is 11.5 Å². The Morgan fingerprint density at radius 2 is 1.95 bits per heavy atom. The van der Waals surface area contributed by atoms with E-state index < -0.39 is 17.6 Å². The molecule has 2 N–H and O–H groups in total. The normalized spacial score (nSPS) is 13.1. The highest BCUT2D eigenvalue weighted by Gasteiger charge is 2.25. The fraction of sp³-hybridized carbons (Fsp3) is 0.375. The van der Waals surface area contributed by atoms with Gasteiger partial charge in [-0.25, -0.2) is 0 Å². The molecule has 0 saturated carbocycles. The number of furan rings is 1. The van der Waals surface area contributed by atoms with Crippen molar-refractivity contribution in [3.05, 3.63) is 36.1 Å². The van der Waals surface area contributed by atoms with E-state index in [2.05, 4.69) is 0 Å². The van der Waals surface area contributed by atoms with Gasteiger partial charge in [0.2, 0.25) is 0 Å². The number of esters is 1. The molecule has 0 saturated heterocycles. The Labute approximate surface area is 123 Å². The molecule has 0 fully saturated rings. The molecule has 0 radical (unpaired) electrons. The van der Waals surface area contributed by atoms with Gasteiger partial charge in [-0.05, 0) is 32.9 Å². The highest BCUT2D eigenvalue weighted by atomic mass is 16.6. The highest BCUT2D eigenvalue weighted by molar-refractivity contribution is 5.99. The van der Waals surface area contributed by atoms with E-state index in [-0.39, 0.29) is 18.0 Å². The van der Waals surface area contributed by atoms with Gasteiger partial charge in [0.25, 0.3) is 0 Å². The summed E-state index contributed by atoms with van der Waals surface area (Å²) in [5.74, 6) is -0.702. The van der Waals surface area contributed by atoms with Crippen molar-refractivity contribution in [2.24, 2.45) is 5.73 Å². The summed E-state index contributed by atoms with van der Waals surface area (Å²) in [6.45, 7) is 5.25. The summed E-state index contributed by atoms with van der Waals surface area (Å²) in [7, 11) is 0. The van der Waals surface area contributed by atoms with Gasteiger partial charge in [0.1, 0.15) is 17.2 Å². The van der Waals surface area contributed by atoms with Crippen LogP contribution in [0.2, 0.25) is 0 Å². The number of para-hydroxylation sites is 1. The van der Waals surface area contributed by atoms with Crippen molar-refractivity contribution in [1.82, 2.24) is 0 Å². The molecule has 1 heterocycles. The van der Waals surface area contributed by atoms with Crippen LogP contribution >= 0.6 is 0 Å². The predicted molar refractivity (Wildman–Crippen MR) is 79.0 cm³/mol. The first kappa shape index (κ1) is 15.3. The minimum Gasteiger partial charge on any atom is -0.459 e. The fourth-order valence-corrected chi connectivity index (χ4v) is 1.88. The topological polar surface area (TPSA) is 82.5 Å². The molecule has 0 aliphatic rings.